The number of nitrogens with zero attached hydrogens (tertiary/aromatic N) is 1. The van der Waals surface area contributed by atoms with Gasteiger partial charge in [-0.3, -0.25) is 4.79 Å². The molecule has 0 radical (unpaired) electrons. The number of rotatable bonds is 1. The van der Waals surface area contributed by atoms with Crippen LogP contribution in [0.25, 0.3) is 0 Å². The van der Waals surface area contributed by atoms with Crippen molar-refractivity contribution in [3.05, 3.63) is 30.3 Å². The summed E-state index contributed by atoms with van der Waals surface area (Å²) in [5.74, 6) is -0.225. The van der Waals surface area contributed by atoms with Crippen LogP contribution in [0.15, 0.2) is 30.3 Å². The molecule has 9 heteroatoms. The van der Waals surface area contributed by atoms with Crippen LogP contribution in [0.5, 0.6) is 0 Å². The summed E-state index contributed by atoms with van der Waals surface area (Å²) in [4.78, 5) is 12.3. The van der Waals surface area contributed by atoms with E-state index in [4.69, 9.17) is 4.74 Å². The van der Waals surface area contributed by atoms with E-state index >= 15 is 0 Å². The predicted molar refractivity (Wildman–Crippen MR) is 156 cm³/mol. The van der Waals surface area contributed by atoms with Gasteiger partial charge in [0.15, 0.2) is 0 Å². The second-order valence-corrected chi connectivity index (χ2v) is 168. The molecule has 0 unspecified atom stereocenters. The molecule has 0 aliphatic carbocycles. The molecule has 138 valence electrons. The van der Waals surface area contributed by atoms with Crippen molar-refractivity contribution in [2.45, 2.75) is 33.3 Å². The molecule has 0 amide bonds. The molecule has 1 rings (SSSR count). The zero-order chi connectivity index (χ0) is 18.9. The van der Waals surface area contributed by atoms with Gasteiger partial charge in [0.2, 0.25) is 0 Å². The van der Waals surface area contributed by atoms with Crippen molar-refractivity contribution in [3.63, 3.8) is 0 Å². The number of hydrogen-bond donors (Lipinski definition) is 0. The Balaban J connectivity index is 0. The van der Waals surface area contributed by atoms with E-state index in [-0.39, 0.29) is 11.6 Å². The van der Waals surface area contributed by atoms with Crippen LogP contribution in [-0.2, 0) is 9.53 Å². The third-order valence-corrected chi connectivity index (χ3v) is 1.72. The van der Waals surface area contributed by atoms with Crippen molar-refractivity contribution in [3.8, 4) is 0 Å². The number of carbonyl (C=O) groups is 1. The van der Waals surface area contributed by atoms with Crippen LogP contribution in [0.2, 0.25) is 0 Å². The molecule has 0 bridgehead atoms. The molecule has 23 heavy (non-hydrogen) atoms. The first-order valence-electron chi connectivity index (χ1n) is 6.36. The van der Waals surface area contributed by atoms with Gasteiger partial charge < -0.3 is 9.64 Å². The quantitative estimate of drug-likeness (QED) is 0.209. The maximum atomic E-state index is 10.2. The third-order valence-electron chi connectivity index (χ3n) is 1.72. The molecular weight excluding hydrogens is 976 g/mol. The van der Waals surface area contributed by atoms with E-state index in [9.17, 15) is 4.79 Å². The zero-order valence-electron chi connectivity index (χ0n) is 13.9. The Kier molecular flexibility index (Phi) is 15.1. The van der Waals surface area contributed by atoms with Crippen molar-refractivity contribution in [1.29, 1.82) is 0 Å². The first kappa shape index (κ1) is 28.1. The van der Waals surface area contributed by atoms with Crippen molar-refractivity contribution >= 4 is 102 Å². The molecule has 0 spiro atoms. The summed E-state index contributed by atoms with van der Waals surface area (Å²) in [6.07, 6.45) is 0. The molecular formula is C14H23I6NO2. The monoisotopic (exact) mass is 999 g/mol. The molecule has 1 aromatic carbocycles. The van der Waals surface area contributed by atoms with Crippen LogP contribution in [0, 0.1) is 0 Å². The fourth-order valence-corrected chi connectivity index (χ4v) is 1.16. The van der Waals surface area contributed by atoms with Crippen molar-refractivity contribution < 1.29 is 9.53 Å². The molecule has 0 atom stereocenters. The average molecular weight is 999 g/mol. The van der Waals surface area contributed by atoms with Crippen LogP contribution < -0.4 is 4.90 Å². The number of esters is 1. The Morgan fingerprint density at radius 2 is 1.35 bits per heavy atom. The van der Waals surface area contributed by atoms with Gasteiger partial charge in [-0.25, -0.2) is 0 Å². The molecule has 1 aromatic rings. The van der Waals surface area contributed by atoms with Gasteiger partial charge in [0.25, 0.3) is 0 Å². The molecule has 0 heterocycles. The normalized spacial score (nSPS) is 12.4. The Hall–Kier alpha value is 2.87. The van der Waals surface area contributed by atoms with E-state index in [1.165, 1.54) is 12.6 Å². The summed E-state index contributed by atoms with van der Waals surface area (Å²) in [7, 11) is 4.07. The van der Waals surface area contributed by atoms with Gasteiger partial charge in [0.05, 0.1) is 0 Å². The van der Waals surface area contributed by atoms with Crippen LogP contribution in [0.1, 0.15) is 27.7 Å². The van der Waals surface area contributed by atoms with Gasteiger partial charge >= 0.3 is 96.2 Å². The number of carbonyl (C=O) groups excluding carboxylic acids is 1. The summed E-state index contributed by atoms with van der Waals surface area (Å²) in [6.45, 7) is 6.93. The number of benzene rings is 1. The Labute approximate surface area is 190 Å². The van der Waals surface area contributed by atoms with Crippen LogP contribution in [0.4, 0.5) is 5.69 Å². The van der Waals surface area contributed by atoms with E-state index in [1.807, 2.05) is 53.1 Å². The summed E-state index contributed by atoms with van der Waals surface area (Å²) in [5.41, 5.74) is 0.920. The van der Waals surface area contributed by atoms with Crippen molar-refractivity contribution in [1.82, 2.24) is 0 Å². The second kappa shape index (κ2) is 12.4. The van der Waals surface area contributed by atoms with Gasteiger partial charge in [-0.05, 0) is 32.9 Å². The van der Waals surface area contributed by atoms with Gasteiger partial charge in [-0.2, -0.15) is 0 Å². The van der Waals surface area contributed by atoms with Crippen molar-refractivity contribution in [2.75, 3.05) is 19.0 Å². The van der Waals surface area contributed by atoms with E-state index in [1.54, 1.807) is 0 Å². The second-order valence-electron chi connectivity index (χ2n) is 5.48. The molecule has 0 saturated carbocycles. The van der Waals surface area contributed by atoms with Crippen molar-refractivity contribution in [2.24, 2.45) is 0 Å². The zero-order valence-corrected chi connectivity index (χ0v) is 26.9. The molecule has 0 fully saturated rings. The molecule has 0 aromatic heterocycles. The fourth-order valence-electron chi connectivity index (χ4n) is 1.16. The topological polar surface area (TPSA) is 29.5 Å². The summed E-state index contributed by atoms with van der Waals surface area (Å²) in [6, 6.07) is 10.3. The third kappa shape index (κ3) is 32.9. The summed E-state index contributed by atoms with van der Waals surface area (Å²) >= 11 is 12.7. The number of para-hydroxylation sites is 1. The minimum atomic E-state index is -1.70. The first-order chi connectivity index (χ1) is 9.96. The predicted octanol–water partition coefficient (Wildman–Crippen LogP) is 8.41. The summed E-state index contributed by atoms with van der Waals surface area (Å²) in [5, 5.41) is 0. The number of ether oxygens (including phenoxy) is 1. The Morgan fingerprint density at radius 3 is 1.48 bits per heavy atom. The standard InChI is InChI=1S/C8H11N.C6H12O2.I6/c1-9(2)8-6-4-3-5-7-8;1-5(7)8-6(2,3)4;1-6(2,3,4)5/h3-7H,1-2H3;1-4H3;. The van der Waals surface area contributed by atoms with E-state index < -0.39 is -2.83 Å². The van der Waals surface area contributed by atoms with E-state index in [2.05, 4.69) is 110 Å². The maximum absolute atomic E-state index is 10.2. The van der Waals surface area contributed by atoms with Gasteiger partial charge in [-0.1, -0.05) is 18.2 Å². The molecule has 0 N–H and O–H groups in total. The number of halogens is 6. The SMILES string of the molecule is CC(=O)OC(C)(C)C.CN(C)c1ccccc1.II(I)(I)(I)I. The number of anilines is 1. The Morgan fingerprint density at radius 1 is 1.00 bits per heavy atom. The van der Waals surface area contributed by atoms with Crippen LogP contribution in [0.3, 0.4) is 0 Å². The van der Waals surface area contributed by atoms with E-state index in [0.717, 1.165) is 0 Å². The first-order valence-corrected chi connectivity index (χ1v) is 37.8. The molecule has 0 aliphatic rings. The van der Waals surface area contributed by atoms with Gasteiger partial charge in [0.1, 0.15) is 5.60 Å². The average Bonchev–Trinajstić information content (AvgIpc) is 2.24. The fraction of sp³-hybridized carbons (Fsp3) is 0.500. The molecule has 3 nitrogen and oxygen atoms in total. The van der Waals surface area contributed by atoms with Gasteiger partial charge in [0, 0.05) is 26.7 Å². The van der Waals surface area contributed by atoms with Crippen LogP contribution in [-0.4, -0.2) is 25.7 Å². The summed E-state index contributed by atoms with van der Waals surface area (Å²) < 4.78 is 3.10. The number of hydrogen-bond acceptors (Lipinski definition) is 3. The molecule has 0 aliphatic heterocycles. The van der Waals surface area contributed by atoms with Crippen LogP contribution >= 0.6 is 90.3 Å². The molecule has 0 saturated heterocycles. The van der Waals surface area contributed by atoms with E-state index in [0.29, 0.717) is 0 Å². The minimum absolute atomic E-state index is 0.225. The Bertz CT molecular complexity index is 447. The van der Waals surface area contributed by atoms with Gasteiger partial charge in [-0.15, -0.1) is 0 Å².